The van der Waals surface area contributed by atoms with Gasteiger partial charge in [-0.05, 0) is 36.4 Å². The molecule has 2 aromatic carbocycles. The van der Waals surface area contributed by atoms with E-state index in [0.717, 1.165) is 11.8 Å². The molecule has 11 nitrogen and oxygen atoms in total. The van der Waals surface area contributed by atoms with Gasteiger partial charge in [0.15, 0.2) is 11.5 Å². The molecule has 0 saturated carbocycles. The molecule has 0 radical (unpaired) electrons. The van der Waals surface area contributed by atoms with Crippen molar-refractivity contribution in [3.63, 3.8) is 0 Å². The quantitative estimate of drug-likeness (QED) is 0.388. The number of thioether (sulfide) groups is 1. The molecule has 0 fully saturated rings. The Labute approximate surface area is 200 Å². The van der Waals surface area contributed by atoms with Crippen LogP contribution in [0.5, 0.6) is 23.0 Å². The number of hydrogen-bond acceptors (Lipinski definition) is 10. The molecule has 12 heteroatoms. The zero-order valence-electron chi connectivity index (χ0n) is 19.0. The fraction of sp³-hybridized carbons (Fsp3) is 0.273. The Bertz CT molecular complexity index is 1110. The second kappa shape index (κ2) is 11.8. The van der Waals surface area contributed by atoms with Gasteiger partial charge < -0.3 is 34.0 Å². The maximum atomic E-state index is 12.6. The summed E-state index contributed by atoms with van der Waals surface area (Å²) in [6.07, 6.45) is 0. The predicted molar refractivity (Wildman–Crippen MR) is 124 cm³/mol. The third-order valence-corrected chi connectivity index (χ3v) is 5.29. The molecule has 3 rings (SSSR count). The number of ether oxygens (including phenoxy) is 4. The molecule has 0 spiro atoms. The van der Waals surface area contributed by atoms with Crippen molar-refractivity contribution in [3.8, 4) is 23.0 Å². The highest BCUT2D eigenvalue weighted by Gasteiger charge is 2.18. The summed E-state index contributed by atoms with van der Waals surface area (Å²) in [5.74, 6) is 1.44. The lowest BCUT2D eigenvalue weighted by molar-refractivity contribution is -0.113. The standard InChI is InChI=1S/C22H24N4O7S/c1-29-15-7-5-14(6-8-15)24-18(27)12-34-22-26-25-19(33-22)11-23-21(28)13-9-16(30-2)20(32-4)17(10-13)31-3/h5-10H,11-12H2,1-4H3,(H,23,28)(H,24,27). The van der Waals surface area contributed by atoms with Gasteiger partial charge in [-0.1, -0.05) is 11.8 Å². The highest BCUT2D eigenvalue weighted by Crippen LogP contribution is 2.38. The zero-order chi connectivity index (χ0) is 24.5. The molecular weight excluding hydrogens is 464 g/mol. The van der Waals surface area contributed by atoms with Crippen molar-refractivity contribution in [2.45, 2.75) is 11.8 Å². The lowest BCUT2D eigenvalue weighted by atomic mass is 10.1. The van der Waals surface area contributed by atoms with Crippen LogP contribution in [-0.2, 0) is 11.3 Å². The minimum absolute atomic E-state index is 0.00109. The summed E-state index contributed by atoms with van der Waals surface area (Å²) >= 11 is 1.08. The molecule has 0 aliphatic rings. The van der Waals surface area contributed by atoms with Crippen molar-refractivity contribution in [1.29, 1.82) is 0 Å². The van der Waals surface area contributed by atoms with E-state index in [0.29, 0.717) is 34.2 Å². The number of anilines is 1. The van der Waals surface area contributed by atoms with E-state index in [4.69, 9.17) is 23.4 Å². The number of carbonyl (C=O) groups excluding carboxylic acids is 2. The number of hydrogen-bond donors (Lipinski definition) is 2. The second-order valence-corrected chi connectivity index (χ2v) is 7.55. The summed E-state index contributed by atoms with van der Waals surface area (Å²) in [5, 5.41) is 13.4. The maximum absolute atomic E-state index is 12.6. The van der Waals surface area contributed by atoms with Gasteiger partial charge in [0, 0.05) is 11.3 Å². The SMILES string of the molecule is COc1ccc(NC(=O)CSc2nnc(CNC(=O)c3cc(OC)c(OC)c(OC)c3)o2)cc1. The van der Waals surface area contributed by atoms with Crippen LogP contribution in [0.4, 0.5) is 5.69 Å². The first-order valence-corrected chi connectivity index (χ1v) is 10.9. The Morgan fingerprint density at radius 3 is 2.21 bits per heavy atom. The smallest absolute Gasteiger partial charge is 0.277 e. The van der Waals surface area contributed by atoms with E-state index in [1.165, 1.54) is 33.5 Å². The molecule has 1 heterocycles. The number of amides is 2. The van der Waals surface area contributed by atoms with Crippen molar-refractivity contribution in [2.75, 3.05) is 39.5 Å². The molecule has 0 saturated heterocycles. The molecule has 0 aliphatic carbocycles. The Kier molecular flexibility index (Phi) is 8.57. The first-order chi connectivity index (χ1) is 16.5. The summed E-state index contributed by atoms with van der Waals surface area (Å²) in [5.41, 5.74) is 0.950. The Morgan fingerprint density at radius 1 is 0.941 bits per heavy atom. The first kappa shape index (κ1) is 24.7. The Morgan fingerprint density at radius 2 is 1.62 bits per heavy atom. The zero-order valence-corrected chi connectivity index (χ0v) is 19.9. The van der Waals surface area contributed by atoms with Gasteiger partial charge in [0.1, 0.15) is 5.75 Å². The van der Waals surface area contributed by atoms with Crippen LogP contribution in [0, 0.1) is 0 Å². The van der Waals surface area contributed by atoms with Gasteiger partial charge in [-0.25, -0.2) is 0 Å². The van der Waals surface area contributed by atoms with E-state index in [2.05, 4.69) is 20.8 Å². The Balaban J connectivity index is 1.51. The molecule has 0 unspecified atom stereocenters. The minimum Gasteiger partial charge on any atom is -0.497 e. The Hall–Kier alpha value is -3.93. The van der Waals surface area contributed by atoms with Gasteiger partial charge >= 0.3 is 0 Å². The van der Waals surface area contributed by atoms with E-state index in [-0.39, 0.29) is 29.3 Å². The largest absolute Gasteiger partial charge is 0.497 e. The summed E-state index contributed by atoms with van der Waals surface area (Å²) in [7, 11) is 5.98. The van der Waals surface area contributed by atoms with Crippen LogP contribution in [0.1, 0.15) is 16.2 Å². The second-order valence-electron chi connectivity index (χ2n) is 6.62. The normalized spacial score (nSPS) is 10.4. The fourth-order valence-corrected chi connectivity index (χ4v) is 3.42. The number of methoxy groups -OCH3 is 4. The van der Waals surface area contributed by atoms with Crippen molar-refractivity contribution in [1.82, 2.24) is 15.5 Å². The highest BCUT2D eigenvalue weighted by atomic mass is 32.2. The van der Waals surface area contributed by atoms with Gasteiger partial charge in [0.25, 0.3) is 11.1 Å². The third-order valence-electron chi connectivity index (χ3n) is 4.48. The number of aromatic nitrogens is 2. The van der Waals surface area contributed by atoms with Gasteiger partial charge in [-0.15, -0.1) is 10.2 Å². The number of rotatable bonds is 11. The highest BCUT2D eigenvalue weighted by molar-refractivity contribution is 7.99. The van der Waals surface area contributed by atoms with Crippen molar-refractivity contribution >= 4 is 29.3 Å². The van der Waals surface area contributed by atoms with Gasteiger partial charge in [0.05, 0.1) is 40.7 Å². The van der Waals surface area contributed by atoms with Crippen molar-refractivity contribution in [2.24, 2.45) is 0 Å². The molecule has 2 N–H and O–H groups in total. The van der Waals surface area contributed by atoms with Crippen LogP contribution < -0.4 is 29.6 Å². The lowest BCUT2D eigenvalue weighted by Gasteiger charge is -2.13. The molecule has 0 atom stereocenters. The fourth-order valence-electron chi connectivity index (χ4n) is 2.84. The van der Waals surface area contributed by atoms with E-state index < -0.39 is 5.91 Å². The van der Waals surface area contributed by atoms with Crippen LogP contribution in [0.2, 0.25) is 0 Å². The number of nitrogens with one attached hydrogen (secondary N) is 2. The monoisotopic (exact) mass is 488 g/mol. The van der Waals surface area contributed by atoms with Crippen LogP contribution >= 0.6 is 11.8 Å². The summed E-state index contributed by atoms with van der Waals surface area (Å²) in [6.45, 7) is 0.00109. The summed E-state index contributed by atoms with van der Waals surface area (Å²) in [4.78, 5) is 24.7. The van der Waals surface area contributed by atoms with Crippen LogP contribution in [0.3, 0.4) is 0 Å². The molecule has 34 heavy (non-hydrogen) atoms. The van der Waals surface area contributed by atoms with Crippen LogP contribution in [0.25, 0.3) is 0 Å². The molecule has 0 aliphatic heterocycles. The van der Waals surface area contributed by atoms with Crippen LogP contribution in [-0.4, -0.2) is 56.2 Å². The van der Waals surface area contributed by atoms with Gasteiger partial charge in [0.2, 0.25) is 17.5 Å². The molecule has 1 aromatic heterocycles. The van der Waals surface area contributed by atoms with Crippen molar-refractivity contribution in [3.05, 3.63) is 47.9 Å². The summed E-state index contributed by atoms with van der Waals surface area (Å²) < 4.78 is 26.4. The van der Waals surface area contributed by atoms with Gasteiger partial charge in [-0.2, -0.15) is 0 Å². The topological polar surface area (TPSA) is 134 Å². The molecule has 3 aromatic rings. The van der Waals surface area contributed by atoms with E-state index in [1.807, 2.05) is 0 Å². The van der Waals surface area contributed by atoms with Gasteiger partial charge in [-0.3, -0.25) is 9.59 Å². The average molecular weight is 489 g/mol. The van der Waals surface area contributed by atoms with E-state index in [9.17, 15) is 9.59 Å². The minimum atomic E-state index is -0.398. The number of carbonyl (C=O) groups is 2. The average Bonchev–Trinajstić information content (AvgIpc) is 3.33. The van der Waals surface area contributed by atoms with Crippen molar-refractivity contribution < 1.29 is 33.0 Å². The molecule has 2 amide bonds. The molecular formula is C22H24N4O7S. The maximum Gasteiger partial charge on any atom is 0.277 e. The molecule has 0 bridgehead atoms. The lowest BCUT2D eigenvalue weighted by Crippen LogP contribution is -2.23. The first-order valence-electron chi connectivity index (χ1n) is 9.94. The van der Waals surface area contributed by atoms with E-state index >= 15 is 0 Å². The molecule has 180 valence electrons. The van der Waals surface area contributed by atoms with Crippen LogP contribution in [0.15, 0.2) is 46.0 Å². The predicted octanol–water partition coefficient (Wildman–Crippen LogP) is 2.76. The third kappa shape index (κ3) is 6.32. The number of nitrogens with zero attached hydrogens (tertiary/aromatic N) is 2. The summed E-state index contributed by atoms with van der Waals surface area (Å²) in [6, 6.07) is 10.0. The van der Waals surface area contributed by atoms with E-state index in [1.54, 1.807) is 31.4 Å². The number of benzene rings is 2.